The van der Waals surface area contributed by atoms with Gasteiger partial charge in [0.1, 0.15) is 11.5 Å². The molecule has 1 unspecified atom stereocenters. The molecule has 0 bridgehead atoms. The first-order valence-corrected chi connectivity index (χ1v) is 8.41. The quantitative estimate of drug-likeness (QED) is 0.907. The van der Waals surface area contributed by atoms with Gasteiger partial charge in [-0.3, -0.25) is 0 Å². The van der Waals surface area contributed by atoms with E-state index >= 15 is 0 Å². The number of piperidine rings is 1. The highest BCUT2D eigenvalue weighted by Crippen LogP contribution is 2.24. The number of nitrogens with one attached hydrogen (secondary N) is 1. The molecule has 1 atom stereocenters. The van der Waals surface area contributed by atoms with Gasteiger partial charge >= 0.3 is 6.03 Å². The molecule has 3 rings (SSSR count). The summed E-state index contributed by atoms with van der Waals surface area (Å²) >= 11 is 0. The maximum atomic E-state index is 12.3. The molecule has 1 saturated heterocycles. The first kappa shape index (κ1) is 17.5. The Labute approximate surface area is 152 Å². The smallest absolute Gasteiger partial charge is 0.321 e. The van der Waals surface area contributed by atoms with E-state index in [0.29, 0.717) is 36.2 Å². The lowest BCUT2D eigenvalue weighted by Gasteiger charge is -2.29. The molecule has 1 aliphatic heterocycles. The number of pyridine rings is 1. The van der Waals surface area contributed by atoms with Gasteiger partial charge in [-0.25, -0.2) is 9.78 Å². The molecule has 1 aromatic heterocycles. The fraction of sp³-hybridized carbons (Fsp3) is 0.316. The molecule has 2 aromatic rings. The van der Waals surface area contributed by atoms with E-state index in [4.69, 9.17) is 14.7 Å². The molecule has 1 fully saturated rings. The SMILES string of the molecule is COc1cccc(Oc2ccc(NC(=O)N3CCCC(C#N)C3)cn2)c1. The van der Waals surface area contributed by atoms with E-state index in [-0.39, 0.29) is 11.9 Å². The van der Waals surface area contributed by atoms with Crippen molar-refractivity contribution in [3.63, 3.8) is 0 Å². The minimum atomic E-state index is -0.215. The summed E-state index contributed by atoms with van der Waals surface area (Å²) in [7, 11) is 1.59. The number of ether oxygens (including phenoxy) is 2. The number of nitrogens with zero attached hydrogens (tertiary/aromatic N) is 3. The van der Waals surface area contributed by atoms with Crippen LogP contribution in [0.4, 0.5) is 10.5 Å². The summed E-state index contributed by atoms with van der Waals surface area (Å²) in [6.45, 7) is 1.13. The molecule has 0 radical (unpaired) electrons. The fourth-order valence-electron chi connectivity index (χ4n) is 2.77. The van der Waals surface area contributed by atoms with Gasteiger partial charge in [-0.2, -0.15) is 5.26 Å². The summed E-state index contributed by atoms with van der Waals surface area (Å²) in [5.41, 5.74) is 0.576. The van der Waals surface area contributed by atoms with Crippen LogP contribution in [0.5, 0.6) is 17.4 Å². The highest BCUT2D eigenvalue weighted by Gasteiger charge is 2.23. The van der Waals surface area contributed by atoms with E-state index < -0.39 is 0 Å². The monoisotopic (exact) mass is 352 g/mol. The van der Waals surface area contributed by atoms with Crippen molar-refractivity contribution < 1.29 is 14.3 Å². The number of methoxy groups -OCH3 is 1. The fourth-order valence-corrected chi connectivity index (χ4v) is 2.77. The van der Waals surface area contributed by atoms with Crippen molar-refractivity contribution in [1.29, 1.82) is 5.26 Å². The van der Waals surface area contributed by atoms with Crippen molar-refractivity contribution in [2.24, 2.45) is 5.92 Å². The minimum absolute atomic E-state index is 0.0914. The van der Waals surface area contributed by atoms with Gasteiger partial charge < -0.3 is 19.7 Å². The van der Waals surface area contributed by atoms with Gasteiger partial charge in [0, 0.05) is 25.2 Å². The molecule has 1 aliphatic rings. The summed E-state index contributed by atoms with van der Waals surface area (Å²) in [6.07, 6.45) is 3.23. The topological polar surface area (TPSA) is 87.5 Å². The standard InChI is InChI=1S/C19H20N4O3/c1-25-16-5-2-6-17(10-16)26-18-8-7-15(12-21-18)22-19(24)23-9-3-4-14(11-20)13-23/h2,5-8,10,12,14H,3-4,9,13H2,1H3,(H,22,24). The summed E-state index contributed by atoms with van der Waals surface area (Å²) in [4.78, 5) is 18.2. The van der Waals surface area contributed by atoms with Crippen molar-refractivity contribution in [2.45, 2.75) is 12.8 Å². The normalized spacial score (nSPS) is 16.5. The van der Waals surface area contributed by atoms with Crippen LogP contribution in [0.15, 0.2) is 42.6 Å². The van der Waals surface area contributed by atoms with E-state index in [1.807, 2.05) is 18.2 Å². The Hall–Kier alpha value is -3.27. The second-order valence-electron chi connectivity index (χ2n) is 6.01. The van der Waals surface area contributed by atoms with Crippen molar-refractivity contribution in [2.75, 3.05) is 25.5 Å². The largest absolute Gasteiger partial charge is 0.497 e. The number of likely N-dealkylation sites (tertiary alicyclic amines) is 1. The van der Waals surface area contributed by atoms with Crippen molar-refractivity contribution >= 4 is 11.7 Å². The number of carbonyl (C=O) groups is 1. The number of amides is 2. The summed E-state index contributed by atoms with van der Waals surface area (Å²) in [5.74, 6) is 1.64. The van der Waals surface area contributed by atoms with Crippen LogP contribution < -0.4 is 14.8 Å². The number of urea groups is 1. The molecule has 7 heteroatoms. The van der Waals surface area contributed by atoms with Crippen LogP contribution in [0.3, 0.4) is 0 Å². The third-order valence-electron chi connectivity index (χ3n) is 4.14. The molecule has 26 heavy (non-hydrogen) atoms. The number of nitriles is 1. The average Bonchev–Trinajstić information content (AvgIpc) is 2.69. The number of hydrogen-bond acceptors (Lipinski definition) is 5. The van der Waals surface area contributed by atoms with Gasteiger partial charge in [0.2, 0.25) is 5.88 Å². The predicted octanol–water partition coefficient (Wildman–Crippen LogP) is 3.65. The van der Waals surface area contributed by atoms with E-state index in [0.717, 1.165) is 12.8 Å². The molecule has 134 valence electrons. The molecule has 1 aromatic carbocycles. The van der Waals surface area contributed by atoms with Crippen LogP contribution in [0.2, 0.25) is 0 Å². The molecule has 0 aliphatic carbocycles. The second kappa shape index (κ2) is 8.21. The Balaban J connectivity index is 1.59. The van der Waals surface area contributed by atoms with Gasteiger partial charge in [-0.15, -0.1) is 0 Å². The summed E-state index contributed by atoms with van der Waals surface area (Å²) in [5, 5.41) is 11.8. The molecule has 0 saturated carbocycles. The Bertz CT molecular complexity index is 801. The maximum Gasteiger partial charge on any atom is 0.321 e. The highest BCUT2D eigenvalue weighted by atomic mass is 16.5. The number of hydrogen-bond donors (Lipinski definition) is 1. The van der Waals surface area contributed by atoms with E-state index in [9.17, 15) is 4.79 Å². The van der Waals surface area contributed by atoms with Crippen LogP contribution >= 0.6 is 0 Å². The number of carbonyl (C=O) groups excluding carboxylic acids is 1. The summed E-state index contributed by atoms with van der Waals surface area (Å²) < 4.78 is 10.8. The van der Waals surface area contributed by atoms with Crippen molar-refractivity contribution in [3.8, 4) is 23.4 Å². The molecule has 1 N–H and O–H groups in total. The average molecular weight is 352 g/mol. The Morgan fingerprint density at radius 1 is 1.35 bits per heavy atom. The van der Waals surface area contributed by atoms with Gasteiger partial charge in [-0.1, -0.05) is 6.07 Å². The highest BCUT2D eigenvalue weighted by molar-refractivity contribution is 5.89. The lowest BCUT2D eigenvalue weighted by molar-refractivity contribution is 0.189. The van der Waals surface area contributed by atoms with Gasteiger partial charge in [0.15, 0.2) is 0 Å². The Morgan fingerprint density at radius 3 is 2.92 bits per heavy atom. The van der Waals surface area contributed by atoms with Crippen LogP contribution in [0, 0.1) is 17.2 Å². The second-order valence-corrected chi connectivity index (χ2v) is 6.01. The zero-order valence-corrected chi connectivity index (χ0v) is 14.5. The van der Waals surface area contributed by atoms with Crippen molar-refractivity contribution in [1.82, 2.24) is 9.88 Å². The third-order valence-corrected chi connectivity index (χ3v) is 4.14. The molecular formula is C19H20N4O3. The van der Waals surface area contributed by atoms with Gasteiger partial charge in [-0.05, 0) is 31.0 Å². The van der Waals surface area contributed by atoms with Gasteiger partial charge in [0.05, 0.1) is 31.0 Å². The summed E-state index contributed by atoms with van der Waals surface area (Å²) in [6, 6.07) is 12.7. The molecule has 2 amide bonds. The van der Waals surface area contributed by atoms with E-state index in [1.54, 1.807) is 36.4 Å². The molecule has 0 spiro atoms. The third kappa shape index (κ3) is 4.42. The first-order valence-electron chi connectivity index (χ1n) is 8.41. The Kier molecular flexibility index (Phi) is 5.54. The Morgan fingerprint density at radius 2 is 2.19 bits per heavy atom. The zero-order valence-electron chi connectivity index (χ0n) is 14.5. The number of anilines is 1. The number of aromatic nitrogens is 1. The molecule has 7 nitrogen and oxygen atoms in total. The zero-order chi connectivity index (χ0) is 18.4. The molecule has 2 heterocycles. The number of rotatable bonds is 4. The molecular weight excluding hydrogens is 332 g/mol. The van der Waals surface area contributed by atoms with Crippen LogP contribution in [0.25, 0.3) is 0 Å². The van der Waals surface area contributed by atoms with Crippen LogP contribution in [-0.4, -0.2) is 36.1 Å². The lowest BCUT2D eigenvalue weighted by atomic mass is 10.0. The predicted molar refractivity (Wildman–Crippen MR) is 96.2 cm³/mol. The van der Waals surface area contributed by atoms with Crippen molar-refractivity contribution in [3.05, 3.63) is 42.6 Å². The van der Waals surface area contributed by atoms with E-state index in [1.165, 1.54) is 0 Å². The van der Waals surface area contributed by atoms with Gasteiger partial charge in [0.25, 0.3) is 0 Å². The maximum absolute atomic E-state index is 12.3. The van der Waals surface area contributed by atoms with E-state index in [2.05, 4.69) is 16.4 Å². The minimum Gasteiger partial charge on any atom is -0.497 e. The first-order chi connectivity index (χ1) is 12.7. The van der Waals surface area contributed by atoms with Crippen LogP contribution in [0.1, 0.15) is 12.8 Å². The lowest BCUT2D eigenvalue weighted by Crippen LogP contribution is -2.42. The van der Waals surface area contributed by atoms with Crippen LogP contribution in [-0.2, 0) is 0 Å². The number of benzene rings is 1.